The maximum Gasteiger partial charge on any atom is 0.256 e. The largest absolute Gasteiger partial charge is 0.492 e. The van der Waals surface area contributed by atoms with Gasteiger partial charge in [-0.15, -0.1) is 0 Å². The predicted molar refractivity (Wildman–Crippen MR) is 63.6 cm³/mol. The lowest BCUT2D eigenvalue weighted by Crippen LogP contribution is -2.02. The quantitative estimate of drug-likeness (QED) is 0.567. The van der Waals surface area contributed by atoms with Gasteiger partial charge in [-0.25, -0.2) is 0 Å². The highest BCUT2D eigenvalue weighted by molar-refractivity contribution is 6.68. The van der Waals surface area contributed by atoms with Crippen LogP contribution in [0.4, 0.5) is 0 Å². The summed E-state index contributed by atoms with van der Waals surface area (Å²) in [4.78, 5) is 11.1. The molecule has 0 aliphatic heterocycles. The molecule has 1 aromatic rings. The van der Waals surface area contributed by atoms with E-state index in [9.17, 15) is 4.79 Å². The van der Waals surface area contributed by atoms with Crippen LogP contribution in [0.1, 0.15) is 30.1 Å². The van der Waals surface area contributed by atoms with Crippen LogP contribution in [-0.2, 0) is 0 Å². The molecule has 3 nitrogen and oxygen atoms in total. The Kier molecular flexibility index (Phi) is 5.12. The fourth-order valence-corrected chi connectivity index (χ4v) is 1.47. The molecule has 0 spiro atoms. The third kappa shape index (κ3) is 3.14. The summed E-state index contributed by atoms with van der Waals surface area (Å²) in [5, 5.41) is -0.544. The van der Waals surface area contributed by atoms with Gasteiger partial charge >= 0.3 is 0 Å². The zero-order valence-corrected chi connectivity index (χ0v) is 10.2. The van der Waals surface area contributed by atoms with E-state index in [1.54, 1.807) is 18.2 Å². The fraction of sp³-hybridized carbons (Fsp3) is 0.417. The molecule has 0 unspecified atom stereocenters. The van der Waals surface area contributed by atoms with Gasteiger partial charge in [-0.05, 0) is 30.2 Å². The molecular formula is C12H15ClO3. The molecule has 0 bridgehead atoms. The molecule has 1 aromatic carbocycles. The van der Waals surface area contributed by atoms with Crippen molar-refractivity contribution < 1.29 is 14.3 Å². The summed E-state index contributed by atoms with van der Waals surface area (Å²) in [7, 11) is 1.49. The Morgan fingerprint density at radius 2 is 2.19 bits per heavy atom. The Morgan fingerprint density at radius 1 is 1.44 bits per heavy atom. The lowest BCUT2D eigenvalue weighted by atomic mass is 10.2. The van der Waals surface area contributed by atoms with E-state index in [4.69, 9.17) is 21.1 Å². The van der Waals surface area contributed by atoms with Crippen molar-refractivity contribution >= 4 is 16.8 Å². The smallest absolute Gasteiger partial charge is 0.256 e. The van der Waals surface area contributed by atoms with Gasteiger partial charge in [0.15, 0.2) is 11.5 Å². The summed E-state index contributed by atoms with van der Waals surface area (Å²) >= 11 is 5.45. The Balaban J connectivity index is 2.90. The Labute approximate surface area is 100 Å². The van der Waals surface area contributed by atoms with Crippen molar-refractivity contribution in [3.05, 3.63) is 23.8 Å². The van der Waals surface area contributed by atoms with Crippen LogP contribution in [0.15, 0.2) is 18.2 Å². The van der Waals surface area contributed by atoms with Gasteiger partial charge in [0, 0.05) is 0 Å². The number of benzene rings is 1. The number of para-hydroxylation sites is 1. The van der Waals surface area contributed by atoms with Crippen LogP contribution in [0.2, 0.25) is 0 Å². The third-order valence-corrected chi connectivity index (χ3v) is 2.35. The summed E-state index contributed by atoms with van der Waals surface area (Å²) in [6, 6.07) is 5.10. The van der Waals surface area contributed by atoms with Gasteiger partial charge in [-0.2, -0.15) is 0 Å². The van der Waals surface area contributed by atoms with E-state index in [0.29, 0.717) is 23.7 Å². The number of carbonyl (C=O) groups excluding carboxylic acids is 1. The van der Waals surface area contributed by atoms with Gasteiger partial charge in [0.25, 0.3) is 5.24 Å². The average Bonchev–Trinajstić information content (AvgIpc) is 2.29. The van der Waals surface area contributed by atoms with E-state index in [-0.39, 0.29) is 0 Å². The van der Waals surface area contributed by atoms with Gasteiger partial charge < -0.3 is 9.47 Å². The number of halogens is 1. The maximum absolute atomic E-state index is 11.1. The second-order valence-corrected chi connectivity index (χ2v) is 3.66. The van der Waals surface area contributed by atoms with E-state index >= 15 is 0 Å². The summed E-state index contributed by atoms with van der Waals surface area (Å²) in [6.45, 7) is 2.69. The van der Waals surface area contributed by atoms with E-state index in [2.05, 4.69) is 6.92 Å². The number of ether oxygens (including phenoxy) is 2. The van der Waals surface area contributed by atoms with E-state index < -0.39 is 5.24 Å². The molecule has 4 heteroatoms. The van der Waals surface area contributed by atoms with E-state index in [1.807, 2.05) is 0 Å². The second-order valence-electron chi connectivity index (χ2n) is 3.31. The Morgan fingerprint density at radius 3 is 2.75 bits per heavy atom. The van der Waals surface area contributed by atoms with Crippen molar-refractivity contribution in [2.45, 2.75) is 19.8 Å². The Bertz CT molecular complexity index is 363. The minimum Gasteiger partial charge on any atom is -0.492 e. The minimum atomic E-state index is -0.544. The zero-order chi connectivity index (χ0) is 12.0. The van der Waals surface area contributed by atoms with Crippen LogP contribution in [0.25, 0.3) is 0 Å². The van der Waals surface area contributed by atoms with Gasteiger partial charge in [0.1, 0.15) is 0 Å². The van der Waals surface area contributed by atoms with Crippen LogP contribution < -0.4 is 9.47 Å². The molecule has 0 fully saturated rings. The normalized spacial score (nSPS) is 9.94. The van der Waals surface area contributed by atoms with Crippen LogP contribution in [-0.4, -0.2) is 19.0 Å². The molecule has 0 N–H and O–H groups in total. The first-order chi connectivity index (χ1) is 7.70. The summed E-state index contributed by atoms with van der Waals surface area (Å²) in [6.07, 6.45) is 2.01. The van der Waals surface area contributed by atoms with Crippen molar-refractivity contribution in [3.8, 4) is 11.5 Å². The topological polar surface area (TPSA) is 35.5 Å². The van der Waals surface area contributed by atoms with Crippen molar-refractivity contribution in [1.29, 1.82) is 0 Å². The third-order valence-electron chi connectivity index (χ3n) is 2.15. The van der Waals surface area contributed by atoms with Crippen LogP contribution in [0.5, 0.6) is 11.5 Å². The van der Waals surface area contributed by atoms with Crippen molar-refractivity contribution in [3.63, 3.8) is 0 Å². The number of rotatable bonds is 6. The first-order valence-corrected chi connectivity index (χ1v) is 5.58. The average molecular weight is 243 g/mol. The molecule has 0 heterocycles. The predicted octanol–water partition coefficient (Wildman–Crippen LogP) is 3.25. The van der Waals surface area contributed by atoms with Crippen molar-refractivity contribution in [2.75, 3.05) is 13.7 Å². The first kappa shape index (κ1) is 12.8. The number of unbranched alkanes of at least 4 members (excludes halogenated alkanes) is 1. The molecule has 0 saturated carbocycles. The minimum absolute atomic E-state index is 0.332. The Hall–Kier alpha value is -1.22. The highest BCUT2D eigenvalue weighted by Crippen LogP contribution is 2.32. The maximum atomic E-state index is 11.1. The molecule has 0 aliphatic rings. The molecule has 0 radical (unpaired) electrons. The fourth-order valence-electron chi connectivity index (χ4n) is 1.32. The van der Waals surface area contributed by atoms with Crippen LogP contribution >= 0.6 is 11.6 Å². The van der Waals surface area contributed by atoms with E-state index in [1.165, 1.54) is 7.11 Å². The molecule has 0 aliphatic carbocycles. The molecule has 16 heavy (non-hydrogen) atoms. The SMILES string of the molecule is CCCCOc1cccc(C(=O)Cl)c1OC. The lowest BCUT2D eigenvalue weighted by Gasteiger charge is -2.12. The molecule has 0 aromatic heterocycles. The standard InChI is InChI=1S/C12H15ClO3/c1-3-4-8-16-10-7-5-6-9(12(13)14)11(10)15-2/h5-7H,3-4,8H2,1-2H3. The molecule has 0 amide bonds. The molecule has 88 valence electrons. The molecule has 1 rings (SSSR count). The lowest BCUT2D eigenvalue weighted by molar-refractivity contribution is 0.107. The van der Waals surface area contributed by atoms with Gasteiger partial charge in [0.2, 0.25) is 0 Å². The number of hydrogen-bond acceptors (Lipinski definition) is 3. The second kappa shape index (κ2) is 6.38. The zero-order valence-electron chi connectivity index (χ0n) is 9.46. The number of hydrogen-bond donors (Lipinski definition) is 0. The monoisotopic (exact) mass is 242 g/mol. The van der Waals surface area contributed by atoms with E-state index in [0.717, 1.165) is 12.8 Å². The van der Waals surface area contributed by atoms with Gasteiger partial charge in [-0.1, -0.05) is 19.4 Å². The first-order valence-electron chi connectivity index (χ1n) is 5.20. The number of methoxy groups -OCH3 is 1. The number of carbonyl (C=O) groups is 1. The molecular weight excluding hydrogens is 228 g/mol. The summed E-state index contributed by atoms with van der Waals surface area (Å²) in [5.74, 6) is 0.959. The highest BCUT2D eigenvalue weighted by Gasteiger charge is 2.14. The van der Waals surface area contributed by atoms with Crippen LogP contribution in [0.3, 0.4) is 0 Å². The summed E-state index contributed by atoms with van der Waals surface area (Å²) < 4.78 is 10.7. The van der Waals surface area contributed by atoms with Crippen molar-refractivity contribution in [1.82, 2.24) is 0 Å². The van der Waals surface area contributed by atoms with Gasteiger partial charge in [-0.3, -0.25) is 4.79 Å². The van der Waals surface area contributed by atoms with Crippen molar-refractivity contribution in [2.24, 2.45) is 0 Å². The molecule has 0 saturated heterocycles. The highest BCUT2D eigenvalue weighted by atomic mass is 35.5. The molecule has 0 atom stereocenters. The van der Waals surface area contributed by atoms with Crippen LogP contribution in [0, 0.1) is 0 Å². The van der Waals surface area contributed by atoms with Gasteiger partial charge in [0.05, 0.1) is 19.3 Å². The summed E-state index contributed by atoms with van der Waals surface area (Å²) in [5.41, 5.74) is 0.332.